The number of aryl methyl sites for hydroxylation is 1. The fourth-order valence-electron chi connectivity index (χ4n) is 2.85. The lowest BCUT2D eigenvalue weighted by atomic mass is 9.93. The highest BCUT2D eigenvalue weighted by atomic mass is 32.1. The van der Waals surface area contributed by atoms with E-state index in [0.29, 0.717) is 17.4 Å². The molecule has 1 aliphatic heterocycles. The molecule has 0 aromatic carbocycles. The first-order valence-corrected chi connectivity index (χ1v) is 8.34. The summed E-state index contributed by atoms with van der Waals surface area (Å²) in [6.45, 7) is 1.52. The zero-order valence-electron chi connectivity index (χ0n) is 12.7. The summed E-state index contributed by atoms with van der Waals surface area (Å²) in [4.78, 5) is 15.2. The van der Waals surface area contributed by atoms with E-state index in [4.69, 9.17) is 4.52 Å². The van der Waals surface area contributed by atoms with Crippen molar-refractivity contribution >= 4 is 17.2 Å². The first-order valence-electron chi connectivity index (χ1n) is 7.46. The maximum Gasteiger partial charge on any atom is 0.276 e. The third-order valence-electron chi connectivity index (χ3n) is 4.02. The monoisotopic (exact) mass is 328 g/mol. The fourth-order valence-corrected chi connectivity index (χ4v) is 3.52. The van der Waals surface area contributed by atoms with Gasteiger partial charge in [-0.2, -0.15) is 5.10 Å². The van der Waals surface area contributed by atoms with Gasteiger partial charge < -0.3 is 9.42 Å². The molecule has 3 aromatic heterocycles. The third kappa shape index (κ3) is 2.79. The number of rotatable bonds is 4. The summed E-state index contributed by atoms with van der Waals surface area (Å²) in [6.07, 6.45) is 4.86. The van der Waals surface area contributed by atoms with E-state index in [-0.39, 0.29) is 5.91 Å². The molecule has 1 saturated heterocycles. The van der Waals surface area contributed by atoms with Crippen molar-refractivity contribution in [3.63, 3.8) is 0 Å². The number of nitrogens with zero attached hydrogens (tertiary/aromatic N) is 4. The quantitative estimate of drug-likeness (QED) is 0.738. The van der Waals surface area contributed by atoms with Gasteiger partial charge in [0.1, 0.15) is 0 Å². The van der Waals surface area contributed by atoms with Crippen LogP contribution < -0.4 is 0 Å². The van der Waals surface area contributed by atoms with Crippen molar-refractivity contribution in [3.8, 4) is 10.6 Å². The molecule has 6 nitrogen and oxygen atoms in total. The standard InChI is InChI=1S/C16H16N4O2S/c1-19-8-11(7-17-19)5-12-9-20(10-12)16(21)13-6-14(22-18-13)15-3-2-4-23-15/h2-4,6-8,12H,5,9-10H2,1H3. The summed E-state index contributed by atoms with van der Waals surface area (Å²) in [6, 6.07) is 5.62. The van der Waals surface area contributed by atoms with Gasteiger partial charge in [-0.25, -0.2) is 0 Å². The van der Waals surface area contributed by atoms with Crippen LogP contribution in [-0.4, -0.2) is 38.8 Å². The molecule has 0 unspecified atom stereocenters. The second-order valence-electron chi connectivity index (χ2n) is 5.86. The van der Waals surface area contributed by atoms with Gasteiger partial charge in [0.2, 0.25) is 0 Å². The number of hydrogen-bond acceptors (Lipinski definition) is 5. The summed E-state index contributed by atoms with van der Waals surface area (Å²) in [5.74, 6) is 1.08. The Bertz CT molecular complexity index is 815. The van der Waals surface area contributed by atoms with E-state index in [1.54, 1.807) is 22.1 Å². The van der Waals surface area contributed by atoms with E-state index in [2.05, 4.69) is 10.3 Å². The van der Waals surface area contributed by atoms with E-state index in [9.17, 15) is 4.79 Å². The molecule has 0 atom stereocenters. The number of likely N-dealkylation sites (tertiary alicyclic amines) is 1. The molecule has 0 saturated carbocycles. The SMILES string of the molecule is Cn1cc(CC2CN(C(=O)c3cc(-c4cccs4)on3)C2)cn1. The number of carbonyl (C=O) groups is 1. The van der Waals surface area contributed by atoms with Crippen molar-refractivity contribution in [2.24, 2.45) is 13.0 Å². The maximum atomic E-state index is 12.4. The van der Waals surface area contributed by atoms with Crippen LogP contribution in [0.2, 0.25) is 0 Å². The highest BCUT2D eigenvalue weighted by Crippen LogP contribution is 2.27. The first kappa shape index (κ1) is 14.2. The lowest BCUT2D eigenvalue weighted by molar-refractivity contribution is 0.0491. The molecule has 0 aliphatic carbocycles. The van der Waals surface area contributed by atoms with Crippen molar-refractivity contribution in [2.45, 2.75) is 6.42 Å². The summed E-state index contributed by atoms with van der Waals surface area (Å²) in [7, 11) is 1.91. The second kappa shape index (κ2) is 5.66. The van der Waals surface area contributed by atoms with Gasteiger partial charge in [-0.3, -0.25) is 9.48 Å². The van der Waals surface area contributed by atoms with Crippen LogP contribution in [0.5, 0.6) is 0 Å². The summed E-state index contributed by atoms with van der Waals surface area (Å²) >= 11 is 1.57. The van der Waals surface area contributed by atoms with Gasteiger partial charge in [0.15, 0.2) is 11.5 Å². The minimum absolute atomic E-state index is 0.0565. The minimum atomic E-state index is -0.0565. The van der Waals surface area contributed by atoms with Crippen LogP contribution >= 0.6 is 11.3 Å². The Hall–Kier alpha value is -2.41. The van der Waals surface area contributed by atoms with Gasteiger partial charge in [-0.05, 0) is 29.3 Å². The number of thiophene rings is 1. The number of amides is 1. The summed E-state index contributed by atoms with van der Waals surface area (Å²) < 4.78 is 7.08. The van der Waals surface area contributed by atoms with E-state index in [1.165, 1.54) is 5.56 Å². The van der Waals surface area contributed by atoms with Crippen LogP contribution in [0.3, 0.4) is 0 Å². The van der Waals surface area contributed by atoms with Crippen LogP contribution in [0.25, 0.3) is 10.6 Å². The van der Waals surface area contributed by atoms with Gasteiger partial charge in [0, 0.05) is 32.4 Å². The normalized spacial score (nSPS) is 14.9. The summed E-state index contributed by atoms with van der Waals surface area (Å²) in [5, 5.41) is 10.1. The first-order chi connectivity index (χ1) is 11.2. The van der Waals surface area contributed by atoms with Crippen LogP contribution in [0.15, 0.2) is 40.5 Å². The average Bonchev–Trinajstić information content (AvgIpc) is 3.22. The molecule has 4 heterocycles. The smallest absolute Gasteiger partial charge is 0.276 e. The zero-order valence-corrected chi connectivity index (χ0v) is 13.5. The molecule has 1 amide bonds. The number of hydrogen-bond donors (Lipinski definition) is 0. The minimum Gasteiger partial charge on any atom is -0.355 e. The lowest BCUT2D eigenvalue weighted by Crippen LogP contribution is -2.50. The van der Waals surface area contributed by atoms with E-state index in [1.807, 2.05) is 41.9 Å². The van der Waals surface area contributed by atoms with Crippen molar-refractivity contribution < 1.29 is 9.32 Å². The van der Waals surface area contributed by atoms with Gasteiger partial charge >= 0.3 is 0 Å². The Morgan fingerprint density at radius 3 is 3.04 bits per heavy atom. The summed E-state index contributed by atoms with van der Waals surface area (Å²) in [5.41, 5.74) is 1.60. The van der Waals surface area contributed by atoms with Crippen molar-refractivity contribution in [3.05, 3.63) is 47.2 Å². The fraction of sp³-hybridized carbons (Fsp3) is 0.312. The van der Waals surface area contributed by atoms with Crippen LogP contribution in [0, 0.1) is 5.92 Å². The Morgan fingerprint density at radius 1 is 1.48 bits per heavy atom. The van der Waals surface area contributed by atoms with Crippen LogP contribution in [-0.2, 0) is 13.5 Å². The average molecular weight is 328 g/mol. The molecule has 3 aromatic rings. The van der Waals surface area contributed by atoms with Gasteiger partial charge in [0.05, 0.1) is 11.1 Å². The lowest BCUT2D eigenvalue weighted by Gasteiger charge is -2.38. The Labute approximate surface area is 137 Å². The molecule has 1 aliphatic rings. The third-order valence-corrected chi connectivity index (χ3v) is 4.90. The Kier molecular flexibility index (Phi) is 3.49. The van der Waals surface area contributed by atoms with Gasteiger partial charge in [0.25, 0.3) is 5.91 Å². The van der Waals surface area contributed by atoms with Crippen LogP contribution in [0.1, 0.15) is 16.1 Å². The van der Waals surface area contributed by atoms with E-state index in [0.717, 1.165) is 24.4 Å². The predicted molar refractivity (Wildman–Crippen MR) is 86.1 cm³/mol. The molecule has 0 spiro atoms. The second-order valence-corrected chi connectivity index (χ2v) is 6.80. The molecule has 0 N–H and O–H groups in total. The van der Waals surface area contributed by atoms with Crippen LogP contribution in [0.4, 0.5) is 0 Å². The molecule has 7 heteroatoms. The number of carbonyl (C=O) groups excluding carboxylic acids is 1. The van der Waals surface area contributed by atoms with Crippen molar-refractivity contribution in [1.82, 2.24) is 19.8 Å². The highest BCUT2D eigenvalue weighted by Gasteiger charge is 2.33. The maximum absolute atomic E-state index is 12.4. The molecular formula is C16H16N4O2S. The molecule has 0 radical (unpaired) electrons. The Balaban J connectivity index is 1.36. The molecule has 23 heavy (non-hydrogen) atoms. The predicted octanol–water partition coefficient (Wildman–Crippen LogP) is 2.45. The number of aromatic nitrogens is 3. The largest absolute Gasteiger partial charge is 0.355 e. The van der Waals surface area contributed by atoms with Gasteiger partial charge in [-0.1, -0.05) is 11.2 Å². The molecule has 4 rings (SSSR count). The van der Waals surface area contributed by atoms with Crippen molar-refractivity contribution in [1.29, 1.82) is 0 Å². The molecule has 118 valence electrons. The molecule has 1 fully saturated rings. The van der Waals surface area contributed by atoms with Gasteiger partial charge in [-0.15, -0.1) is 11.3 Å². The van der Waals surface area contributed by atoms with E-state index >= 15 is 0 Å². The zero-order chi connectivity index (χ0) is 15.8. The van der Waals surface area contributed by atoms with Crippen molar-refractivity contribution in [2.75, 3.05) is 13.1 Å². The topological polar surface area (TPSA) is 64.2 Å². The van der Waals surface area contributed by atoms with E-state index < -0.39 is 0 Å². The molecular weight excluding hydrogens is 312 g/mol. The molecule has 0 bridgehead atoms. The Morgan fingerprint density at radius 2 is 2.35 bits per heavy atom. The highest BCUT2D eigenvalue weighted by molar-refractivity contribution is 7.13.